The number of benzene rings is 1. The van der Waals surface area contributed by atoms with Crippen LogP contribution < -0.4 is 10.2 Å². The highest BCUT2D eigenvalue weighted by atomic mass is 16.2. The lowest BCUT2D eigenvalue weighted by Crippen LogP contribution is -2.44. The second-order valence-corrected chi connectivity index (χ2v) is 8.44. The number of amides is 2. The van der Waals surface area contributed by atoms with Crippen LogP contribution in [-0.4, -0.2) is 59.1 Å². The fourth-order valence-corrected chi connectivity index (χ4v) is 4.25. The quantitative estimate of drug-likeness (QED) is 0.661. The summed E-state index contributed by atoms with van der Waals surface area (Å²) in [5, 5.41) is 3.54. The SMILES string of the molecule is C=CC(=O)N1CCCC(Nc2nc(Cc3ccc(N(C)C(=O)CC)cc3)nc3c2C=NC3)C1. The van der Waals surface area contributed by atoms with Crippen molar-refractivity contribution in [3.8, 4) is 0 Å². The molecule has 2 amide bonds. The molecule has 1 fully saturated rings. The summed E-state index contributed by atoms with van der Waals surface area (Å²) in [6.07, 6.45) is 6.16. The second kappa shape index (κ2) is 9.94. The van der Waals surface area contributed by atoms with Gasteiger partial charge < -0.3 is 15.1 Å². The summed E-state index contributed by atoms with van der Waals surface area (Å²) in [4.78, 5) is 41.4. The van der Waals surface area contributed by atoms with Gasteiger partial charge in [-0.3, -0.25) is 14.6 Å². The minimum atomic E-state index is -0.0357. The third-order valence-electron chi connectivity index (χ3n) is 6.14. The fraction of sp³-hybridized carbons (Fsp3) is 0.400. The van der Waals surface area contributed by atoms with Gasteiger partial charge in [0.25, 0.3) is 0 Å². The maximum Gasteiger partial charge on any atom is 0.246 e. The van der Waals surface area contributed by atoms with Gasteiger partial charge in [-0.2, -0.15) is 0 Å². The van der Waals surface area contributed by atoms with Crippen LogP contribution in [0.1, 0.15) is 48.8 Å². The first-order valence-electron chi connectivity index (χ1n) is 11.4. The summed E-state index contributed by atoms with van der Waals surface area (Å²) in [7, 11) is 1.79. The van der Waals surface area contributed by atoms with Crippen LogP contribution in [-0.2, 0) is 22.6 Å². The maximum absolute atomic E-state index is 12.0. The van der Waals surface area contributed by atoms with Crippen LogP contribution in [0.5, 0.6) is 0 Å². The van der Waals surface area contributed by atoms with E-state index in [4.69, 9.17) is 9.97 Å². The number of rotatable bonds is 7. The summed E-state index contributed by atoms with van der Waals surface area (Å²) in [6.45, 7) is 7.39. The molecular formula is C25H30N6O2. The number of hydrogen-bond acceptors (Lipinski definition) is 6. The van der Waals surface area contributed by atoms with Crippen LogP contribution in [0, 0.1) is 0 Å². The van der Waals surface area contributed by atoms with Crippen molar-refractivity contribution in [1.29, 1.82) is 0 Å². The largest absolute Gasteiger partial charge is 0.365 e. The number of fused-ring (bicyclic) bond motifs is 1. The van der Waals surface area contributed by atoms with Gasteiger partial charge in [0.2, 0.25) is 11.8 Å². The van der Waals surface area contributed by atoms with E-state index in [2.05, 4.69) is 16.9 Å². The highest BCUT2D eigenvalue weighted by molar-refractivity contribution is 5.92. The molecular weight excluding hydrogens is 416 g/mol. The predicted octanol–water partition coefficient (Wildman–Crippen LogP) is 2.96. The van der Waals surface area contributed by atoms with Crippen molar-refractivity contribution in [3.05, 3.63) is 59.6 Å². The van der Waals surface area contributed by atoms with E-state index in [1.807, 2.05) is 42.3 Å². The number of anilines is 2. The fourth-order valence-electron chi connectivity index (χ4n) is 4.25. The Bertz CT molecular complexity index is 1080. The first-order valence-corrected chi connectivity index (χ1v) is 11.4. The van der Waals surface area contributed by atoms with Gasteiger partial charge in [-0.05, 0) is 36.6 Å². The van der Waals surface area contributed by atoms with Crippen LogP contribution >= 0.6 is 0 Å². The molecule has 1 N–H and O–H groups in total. The topological polar surface area (TPSA) is 90.8 Å². The summed E-state index contributed by atoms with van der Waals surface area (Å²) in [6, 6.07) is 8.04. The average molecular weight is 447 g/mol. The third kappa shape index (κ3) is 5.10. The van der Waals surface area contributed by atoms with Gasteiger partial charge in [0.15, 0.2) is 0 Å². The Labute approximate surface area is 194 Å². The lowest BCUT2D eigenvalue weighted by Gasteiger charge is -2.33. The van der Waals surface area contributed by atoms with Crippen molar-refractivity contribution in [2.24, 2.45) is 4.99 Å². The van der Waals surface area contributed by atoms with E-state index in [-0.39, 0.29) is 17.9 Å². The zero-order chi connectivity index (χ0) is 23.4. The first kappa shape index (κ1) is 22.6. The maximum atomic E-state index is 12.0. The normalized spacial score (nSPS) is 16.9. The van der Waals surface area contributed by atoms with E-state index in [1.54, 1.807) is 11.9 Å². The number of hydrogen-bond donors (Lipinski definition) is 1. The van der Waals surface area contributed by atoms with E-state index in [1.165, 1.54) is 6.08 Å². The van der Waals surface area contributed by atoms with Crippen LogP contribution in [0.25, 0.3) is 0 Å². The van der Waals surface area contributed by atoms with Crippen molar-refractivity contribution < 1.29 is 9.59 Å². The number of nitrogens with one attached hydrogen (secondary N) is 1. The van der Waals surface area contributed by atoms with E-state index in [0.717, 1.165) is 53.5 Å². The molecule has 2 aliphatic rings. The Morgan fingerprint density at radius 3 is 2.79 bits per heavy atom. The molecule has 1 aromatic heterocycles. The molecule has 1 unspecified atom stereocenters. The number of piperidine rings is 1. The molecule has 0 aliphatic carbocycles. The Morgan fingerprint density at radius 2 is 2.06 bits per heavy atom. The predicted molar refractivity (Wildman–Crippen MR) is 130 cm³/mol. The Morgan fingerprint density at radius 1 is 1.27 bits per heavy atom. The minimum absolute atomic E-state index is 0.0357. The molecule has 3 heterocycles. The molecule has 2 aromatic rings. The summed E-state index contributed by atoms with van der Waals surface area (Å²) < 4.78 is 0. The van der Waals surface area contributed by atoms with Crippen molar-refractivity contribution in [3.63, 3.8) is 0 Å². The van der Waals surface area contributed by atoms with E-state index >= 15 is 0 Å². The van der Waals surface area contributed by atoms with Crippen LogP contribution in [0.2, 0.25) is 0 Å². The summed E-state index contributed by atoms with van der Waals surface area (Å²) >= 11 is 0. The molecule has 1 aromatic carbocycles. The number of aromatic nitrogens is 2. The van der Waals surface area contributed by atoms with E-state index in [9.17, 15) is 9.59 Å². The minimum Gasteiger partial charge on any atom is -0.365 e. The van der Waals surface area contributed by atoms with Crippen LogP contribution in [0.3, 0.4) is 0 Å². The highest BCUT2D eigenvalue weighted by Crippen LogP contribution is 2.24. The Hall–Kier alpha value is -3.55. The Balaban J connectivity index is 1.50. The molecule has 33 heavy (non-hydrogen) atoms. The van der Waals surface area contributed by atoms with E-state index < -0.39 is 0 Å². The third-order valence-corrected chi connectivity index (χ3v) is 6.14. The molecule has 2 aliphatic heterocycles. The van der Waals surface area contributed by atoms with Crippen LogP contribution in [0.15, 0.2) is 41.9 Å². The molecule has 0 spiro atoms. The van der Waals surface area contributed by atoms with Crippen molar-refractivity contribution >= 4 is 29.5 Å². The van der Waals surface area contributed by atoms with Crippen molar-refractivity contribution in [2.75, 3.05) is 30.4 Å². The lowest BCUT2D eigenvalue weighted by atomic mass is 10.0. The number of aliphatic imine (C=N–C) groups is 1. The number of likely N-dealkylation sites (tertiary alicyclic amines) is 1. The van der Waals surface area contributed by atoms with Gasteiger partial charge in [-0.15, -0.1) is 0 Å². The second-order valence-electron chi connectivity index (χ2n) is 8.44. The van der Waals surface area contributed by atoms with E-state index in [0.29, 0.717) is 25.9 Å². The van der Waals surface area contributed by atoms with Crippen LogP contribution in [0.4, 0.5) is 11.5 Å². The van der Waals surface area contributed by atoms with Gasteiger partial charge in [0.05, 0.1) is 17.8 Å². The van der Waals surface area contributed by atoms with Crippen molar-refractivity contribution in [1.82, 2.24) is 14.9 Å². The molecule has 4 rings (SSSR count). The molecule has 0 bridgehead atoms. The van der Waals surface area contributed by atoms with Gasteiger partial charge >= 0.3 is 0 Å². The molecule has 1 atom stereocenters. The van der Waals surface area contributed by atoms with Gasteiger partial charge in [-0.25, -0.2) is 9.97 Å². The number of carbonyl (C=O) groups excluding carboxylic acids is 2. The lowest BCUT2D eigenvalue weighted by molar-refractivity contribution is -0.127. The highest BCUT2D eigenvalue weighted by Gasteiger charge is 2.25. The first-order chi connectivity index (χ1) is 16.0. The summed E-state index contributed by atoms with van der Waals surface area (Å²) in [5.41, 5.74) is 3.79. The number of carbonyl (C=O) groups is 2. The van der Waals surface area contributed by atoms with Gasteiger partial charge in [0, 0.05) is 50.9 Å². The zero-order valence-corrected chi connectivity index (χ0v) is 19.3. The molecule has 8 nitrogen and oxygen atoms in total. The average Bonchev–Trinajstić information content (AvgIpc) is 3.32. The summed E-state index contributed by atoms with van der Waals surface area (Å²) in [5.74, 6) is 1.55. The molecule has 172 valence electrons. The van der Waals surface area contributed by atoms with Crippen molar-refractivity contribution in [2.45, 2.75) is 45.2 Å². The molecule has 1 saturated heterocycles. The smallest absolute Gasteiger partial charge is 0.246 e. The zero-order valence-electron chi connectivity index (χ0n) is 19.3. The standard InChI is InChI=1S/C25H30N6O2/c1-4-23(32)30(3)19-10-8-17(9-11-19)13-22-28-21-15-26-14-20(21)25(29-22)27-18-7-6-12-31(16-18)24(33)5-2/h5,8-11,14,18H,2,4,6-7,12-13,15-16H2,1,3H3,(H,27,28,29). The number of nitrogens with zero attached hydrogens (tertiary/aromatic N) is 5. The monoisotopic (exact) mass is 446 g/mol. The van der Waals surface area contributed by atoms with Gasteiger partial charge in [0.1, 0.15) is 11.6 Å². The molecule has 8 heteroatoms. The van der Waals surface area contributed by atoms with Gasteiger partial charge in [-0.1, -0.05) is 25.6 Å². The molecule has 0 radical (unpaired) electrons. The Kier molecular flexibility index (Phi) is 6.82. The molecule has 0 saturated carbocycles.